The summed E-state index contributed by atoms with van der Waals surface area (Å²) in [5.74, 6) is 1.10. The van der Waals surface area contributed by atoms with Crippen LogP contribution in [-0.4, -0.2) is 70.4 Å². The van der Waals surface area contributed by atoms with Crippen molar-refractivity contribution in [1.29, 1.82) is 0 Å². The zero-order chi connectivity index (χ0) is 25.5. The molecular formula is C22H25ClN8O5. The molecule has 1 fully saturated rings. The van der Waals surface area contributed by atoms with Crippen molar-refractivity contribution in [3.8, 4) is 5.75 Å². The molecule has 0 spiro atoms. The van der Waals surface area contributed by atoms with E-state index in [1.807, 2.05) is 0 Å². The summed E-state index contributed by atoms with van der Waals surface area (Å²) in [6, 6.07) is 5.16. The number of halogens is 1. The van der Waals surface area contributed by atoms with Gasteiger partial charge in [-0.1, -0.05) is 0 Å². The number of carbonyl (C=O) groups excluding carboxylic acids is 2. The summed E-state index contributed by atoms with van der Waals surface area (Å²) in [6.07, 6.45) is 1.77. The molecule has 1 aliphatic rings. The van der Waals surface area contributed by atoms with Gasteiger partial charge in [0.05, 0.1) is 31.5 Å². The van der Waals surface area contributed by atoms with Crippen molar-refractivity contribution in [3.05, 3.63) is 29.8 Å². The van der Waals surface area contributed by atoms with Gasteiger partial charge in [0.1, 0.15) is 29.5 Å². The van der Waals surface area contributed by atoms with Crippen LogP contribution >= 0.6 is 11.6 Å². The minimum absolute atomic E-state index is 0.0224. The van der Waals surface area contributed by atoms with Crippen LogP contribution in [0.3, 0.4) is 0 Å². The molecule has 4 rings (SSSR count). The maximum Gasteiger partial charge on any atom is 0.243 e. The Bertz CT molecular complexity index is 1250. The Morgan fingerprint density at radius 3 is 2.67 bits per heavy atom. The fraction of sp³-hybridized carbons (Fsp3) is 0.364. The lowest BCUT2D eigenvalue weighted by atomic mass is 10.1. The molecule has 2 aromatic heterocycles. The number of hydrogen-bond donors (Lipinski definition) is 4. The number of benzene rings is 1. The van der Waals surface area contributed by atoms with Gasteiger partial charge in [-0.2, -0.15) is 0 Å². The largest absolute Gasteiger partial charge is 0.494 e. The third kappa shape index (κ3) is 6.24. The van der Waals surface area contributed by atoms with Gasteiger partial charge in [0.2, 0.25) is 17.1 Å². The average Bonchev–Trinajstić information content (AvgIpc) is 2.88. The minimum atomic E-state index is -0.555. The SMILES string of the molecule is COc1cc2ncnc(Nc3cc(N4CCOCC4)nc(Cl)n3)c2cc1NC(=O)CCCC(=O)NO. The number of anilines is 4. The number of fused-ring (bicyclic) bond motifs is 1. The van der Waals surface area contributed by atoms with E-state index in [4.69, 9.17) is 26.3 Å². The minimum Gasteiger partial charge on any atom is -0.494 e. The highest BCUT2D eigenvalue weighted by atomic mass is 35.5. The summed E-state index contributed by atoms with van der Waals surface area (Å²) in [7, 11) is 1.48. The molecule has 4 N–H and O–H groups in total. The van der Waals surface area contributed by atoms with Crippen molar-refractivity contribution >= 4 is 57.5 Å². The summed E-state index contributed by atoms with van der Waals surface area (Å²) >= 11 is 6.19. The van der Waals surface area contributed by atoms with Crippen molar-refractivity contribution in [2.45, 2.75) is 19.3 Å². The van der Waals surface area contributed by atoms with Crippen molar-refractivity contribution < 1.29 is 24.3 Å². The summed E-state index contributed by atoms with van der Waals surface area (Å²) in [6.45, 7) is 2.59. The lowest BCUT2D eigenvalue weighted by Crippen LogP contribution is -2.36. The second kappa shape index (κ2) is 11.7. The molecule has 2 amide bonds. The zero-order valence-electron chi connectivity index (χ0n) is 19.5. The van der Waals surface area contributed by atoms with Crippen LogP contribution in [0.1, 0.15) is 19.3 Å². The molecule has 0 bridgehead atoms. The third-order valence-electron chi connectivity index (χ3n) is 5.43. The maximum atomic E-state index is 12.4. The van der Waals surface area contributed by atoms with E-state index in [1.165, 1.54) is 13.4 Å². The number of methoxy groups -OCH3 is 1. The van der Waals surface area contributed by atoms with E-state index in [0.717, 1.165) is 0 Å². The van der Waals surface area contributed by atoms with E-state index in [2.05, 4.69) is 35.5 Å². The maximum absolute atomic E-state index is 12.4. The molecule has 3 aromatic rings. The zero-order valence-corrected chi connectivity index (χ0v) is 20.2. The lowest BCUT2D eigenvalue weighted by Gasteiger charge is -2.28. The molecule has 1 aromatic carbocycles. The smallest absolute Gasteiger partial charge is 0.243 e. The molecule has 0 atom stereocenters. The van der Waals surface area contributed by atoms with Crippen LogP contribution in [0.25, 0.3) is 10.9 Å². The number of nitrogens with one attached hydrogen (secondary N) is 3. The van der Waals surface area contributed by atoms with Crippen LogP contribution < -0.4 is 25.8 Å². The predicted octanol–water partition coefficient (Wildman–Crippen LogP) is 2.28. The molecule has 13 nitrogen and oxygen atoms in total. The number of aromatic nitrogens is 4. The fourth-order valence-electron chi connectivity index (χ4n) is 3.67. The molecule has 14 heteroatoms. The second-order valence-electron chi connectivity index (χ2n) is 7.83. The highest BCUT2D eigenvalue weighted by molar-refractivity contribution is 6.28. The van der Waals surface area contributed by atoms with Gasteiger partial charge in [0, 0.05) is 43.5 Å². The Kier molecular flexibility index (Phi) is 8.25. The van der Waals surface area contributed by atoms with Gasteiger partial charge in [-0.3, -0.25) is 14.8 Å². The molecule has 36 heavy (non-hydrogen) atoms. The van der Waals surface area contributed by atoms with Crippen LogP contribution in [0, 0.1) is 0 Å². The van der Waals surface area contributed by atoms with Gasteiger partial charge in [-0.25, -0.2) is 25.4 Å². The number of amides is 2. The topological polar surface area (TPSA) is 164 Å². The van der Waals surface area contributed by atoms with Crippen molar-refractivity contribution in [2.24, 2.45) is 0 Å². The van der Waals surface area contributed by atoms with Crippen LogP contribution in [0.4, 0.5) is 23.1 Å². The monoisotopic (exact) mass is 516 g/mol. The molecule has 0 aliphatic carbocycles. The van der Waals surface area contributed by atoms with Gasteiger partial charge in [-0.15, -0.1) is 0 Å². The van der Waals surface area contributed by atoms with Crippen molar-refractivity contribution in [1.82, 2.24) is 25.4 Å². The van der Waals surface area contributed by atoms with Gasteiger partial charge in [0.25, 0.3) is 0 Å². The molecule has 1 saturated heterocycles. The van der Waals surface area contributed by atoms with E-state index in [9.17, 15) is 9.59 Å². The number of morpholine rings is 1. The summed E-state index contributed by atoms with van der Waals surface area (Å²) in [4.78, 5) is 42.9. The molecule has 3 heterocycles. The standard InChI is InChI=1S/C22H25ClN8O5/c1-35-16-10-14-13(9-15(16)26-19(32)3-2-4-20(33)30-34)21(25-12-24-14)27-17-11-18(29-22(23)28-17)31-5-7-36-8-6-31/h9-12,34H,2-8H2,1H3,(H,26,32)(H,30,33)(H,24,25,27,28,29). The number of ether oxygens (including phenoxy) is 2. The number of hydroxylamine groups is 1. The molecule has 190 valence electrons. The Hall–Kier alpha value is -3.81. The average molecular weight is 517 g/mol. The first kappa shape index (κ1) is 25.3. The first-order valence-electron chi connectivity index (χ1n) is 11.2. The molecule has 0 radical (unpaired) electrons. The number of nitrogens with zero attached hydrogens (tertiary/aromatic N) is 5. The van der Waals surface area contributed by atoms with Crippen LogP contribution in [0.15, 0.2) is 24.5 Å². The quantitative estimate of drug-likeness (QED) is 0.187. The Labute approximate surface area is 211 Å². The Balaban J connectivity index is 1.58. The van der Waals surface area contributed by atoms with E-state index in [-0.39, 0.29) is 30.5 Å². The van der Waals surface area contributed by atoms with Crippen LogP contribution in [0.2, 0.25) is 5.28 Å². The number of carbonyl (C=O) groups is 2. The van der Waals surface area contributed by atoms with Gasteiger partial charge in [-0.05, 0) is 24.1 Å². The summed E-state index contributed by atoms with van der Waals surface area (Å²) in [5.41, 5.74) is 2.53. The van der Waals surface area contributed by atoms with Crippen LogP contribution in [0.5, 0.6) is 5.75 Å². The van der Waals surface area contributed by atoms with Crippen molar-refractivity contribution in [3.63, 3.8) is 0 Å². The van der Waals surface area contributed by atoms with Gasteiger partial charge >= 0.3 is 0 Å². The normalized spacial score (nSPS) is 13.4. The molecular weight excluding hydrogens is 492 g/mol. The van der Waals surface area contributed by atoms with Crippen molar-refractivity contribution in [2.75, 3.05) is 48.9 Å². The second-order valence-corrected chi connectivity index (χ2v) is 8.17. The molecule has 0 unspecified atom stereocenters. The molecule has 0 saturated carbocycles. The van der Waals surface area contributed by atoms with Crippen LogP contribution in [-0.2, 0) is 14.3 Å². The summed E-state index contributed by atoms with van der Waals surface area (Å²) < 4.78 is 10.8. The predicted molar refractivity (Wildman–Crippen MR) is 132 cm³/mol. The Morgan fingerprint density at radius 1 is 1.14 bits per heavy atom. The third-order valence-corrected chi connectivity index (χ3v) is 5.60. The fourth-order valence-corrected chi connectivity index (χ4v) is 3.85. The van der Waals surface area contributed by atoms with Gasteiger partial charge < -0.3 is 25.0 Å². The highest BCUT2D eigenvalue weighted by Crippen LogP contribution is 2.33. The van der Waals surface area contributed by atoms with Gasteiger partial charge in [0.15, 0.2) is 0 Å². The number of hydrogen-bond acceptors (Lipinski definition) is 11. The van der Waals surface area contributed by atoms with E-state index in [1.54, 1.807) is 23.7 Å². The highest BCUT2D eigenvalue weighted by Gasteiger charge is 2.17. The summed E-state index contributed by atoms with van der Waals surface area (Å²) in [5, 5.41) is 15.2. The van der Waals surface area contributed by atoms with E-state index >= 15 is 0 Å². The molecule has 1 aliphatic heterocycles. The van der Waals surface area contributed by atoms with E-state index < -0.39 is 5.91 Å². The number of rotatable bonds is 9. The first-order chi connectivity index (χ1) is 17.5. The van der Waals surface area contributed by atoms with E-state index in [0.29, 0.717) is 66.1 Å². The first-order valence-corrected chi connectivity index (χ1v) is 11.5. The lowest BCUT2D eigenvalue weighted by molar-refractivity contribution is -0.129. The Morgan fingerprint density at radius 2 is 1.92 bits per heavy atom.